The Bertz CT molecular complexity index is 288. The van der Waals surface area contributed by atoms with Crippen molar-refractivity contribution in [1.82, 2.24) is 10.2 Å². The summed E-state index contributed by atoms with van der Waals surface area (Å²) in [6.07, 6.45) is 1.42. The molecule has 0 amide bonds. The Morgan fingerprint density at radius 3 is 2.69 bits per heavy atom. The number of hydrogen-bond acceptors (Lipinski definition) is 3. The van der Waals surface area contributed by atoms with Crippen LogP contribution in [-0.2, 0) is 6.54 Å². The summed E-state index contributed by atoms with van der Waals surface area (Å²) in [6.45, 7) is 7.97. The predicted octanol–water partition coefficient (Wildman–Crippen LogP) is -0.403. The summed E-state index contributed by atoms with van der Waals surface area (Å²) in [5.41, 5.74) is -0.334. The Balaban J connectivity index is 2.38. The molecule has 5 nitrogen and oxygen atoms in total. The summed E-state index contributed by atoms with van der Waals surface area (Å²) in [5, 5.41) is 2.51. The summed E-state index contributed by atoms with van der Waals surface area (Å²) in [4.78, 5) is 12.9. The van der Waals surface area contributed by atoms with E-state index < -0.39 is 0 Å². The highest BCUT2D eigenvalue weighted by Gasteiger charge is 2.07. The van der Waals surface area contributed by atoms with Gasteiger partial charge < -0.3 is 0 Å². The van der Waals surface area contributed by atoms with Crippen LogP contribution in [-0.4, -0.2) is 29.8 Å². The van der Waals surface area contributed by atoms with Gasteiger partial charge in [0.25, 0.3) is 6.20 Å². The molecule has 0 atom stereocenters. The van der Waals surface area contributed by atoms with E-state index in [-0.39, 0.29) is 5.63 Å². The van der Waals surface area contributed by atoms with Crippen molar-refractivity contribution < 1.29 is 9.20 Å². The van der Waals surface area contributed by atoms with Crippen molar-refractivity contribution in [2.24, 2.45) is 0 Å². The average molecular weight is 186 g/mol. The average Bonchev–Trinajstić information content (AvgIpc) is 2.53. The van der Waals surface area contributed by atoms with Crippen molar-refractivity contribution in [1.29, 1.82) is 0 Å². The molecule has 1 rings (SSSR count). The van der Waals surface area contributed by atoms with E-state index in [4.69, 9.17) is 0 Å². The molecule has 0 saturated heterocycles. The third-order valence-corrected chi connectivity index (χ3v) is 2.08. The Morgan fingerprint density at radius 1 is 1.54 bits per heavy atom. The molecule has 1 heterocycles. The van der Waals surface area contributed by atoms with E-state index in [0.717, 1.165) is 26.2 Å². The Hall–Kier alpha value is -1.10. The molecule has 0 aliphatic rings. The van der Waals surface area contributed by atoms with Gasteiger partial charge in [0.2, 0.25) is 0 Å². The minimum Gasteiger partial charge on any atom is -0.298 e. The largest absolute Gasteiger partial charge is 0.426 e. The van der Waals surface area contributed by atoms with Crippen LogP contribution in [0.2, 0.25) is 0 Å². The van der Waals surface area contributed by atoms with E-state index in [0.29, 0.717) is 0 Å². The number of nitrogens with zero attached hydrogens (tertiary/aromatic N) is 2. The van der Waals surface area contributed by atoms with Gasteiger partial charge in [-0.15, -0.1) is 0 Å². The number of hydrogen-bond donors (Lipinski definition) is 1. The first kappa shape index (κ1) is 9.98. The van der Waals surface area contributed by atoms with Gasteiger partial charge in [-0.05, 0) is 18.4 Å². The minimum atomic E-state index is -0.334. The fraction of sp³-hybridized carbons (Fsp3) is 0.750. The highest BCUT2D eigenvalue weighted by atomic mass is 16.5. The van der Waals surface area contributed by atoms with Crippen LogP contribution in [0.1, 0.15) is 13.8 Å². The van der Waals surface area contributed by atoms with Crippen molar-refractivity contribution in [3.8, 4) is 0 Å². The molecule has 0 unspecified atom stereocenters. The van der Waals surface area contributed by atoms with Crippen LogP contribution in [0.15, 0.2) is 15.5 Å². The second-order valence-electron chi connectivity index (χ2n) is 2.86. The smallest absolute Gasteiger partial charge is 0.298 e. The van der Waals surface area contributed by atoms with Crippen LogP contribution in [0.3, 0.4) is 0 Å². The van der Waals surface area contributed by atoms with E-state index in [1.54, 1.807) is 4.68 Å². The van der Waals surface area contributed by atoms with Crippen LogP contribution in [0.25, 0.3) is 0 Å². The van der Waals surface area contributed by atoms with Gasteiger partial charge in [0, 0.05) is 0 Å². The molecule has 0 radical (unpaired) electrons. The van der Waals surface area contributed by atoms with Gasteiger partial charge in [0.05, 0.1) is 6.54 Å². The van der Waals surface area contributed by atoms with Crippen LogP contribution in [0.5, 0.6) is 0 Å². The van der Waals surface area contributed by atoms with Gasteiger partial charge in [-0.1, -0.05) is 18.5 Å². The molecule has 0 bridgehead atoms. The first-order chi connectivity index (χ1) is 6.26. The molecular formula is C8H16N3O2+. The van der Waals surface area contributed by atoms with E-state index in [2.05, 4.69) is 28.5 Å². The van der Waals surface area contributed by atoms with Crippen molar-refractivity contribution in [3.05, 3.63) is 16.6 Å². The lowest BCUT2D eigenvalue weighted by Gasteiger charge is -2.14. The van der Waals surface area contributed by atoms with Crippen molar-refractivity contribution >= 4 is 0 Å². The zero-order chi connectivity index (χ0) is 9.68. The van der Waals surface area contributed by atoms with E-state index in [1.165, 1.54) is 6.20 Å². The number of nitrogens with one attached hydrogen (secondary N) is 1. The third kappa shape index (κ3) is 3.02. The zero-order valence-corrected chi connectivity index (χ0v) is 8.12. The minimum absolute atomic E-state index is 0.334. The highest BCUT2D eigenvalue weighted by Crippen LogP contribution is 1.84. The number of H-pyrrole nitrogens is 1. The molecule has 1 N–H and O–H groups in total. The summed E-state index contributed by atoms with van der Waals surface area (Å²) >= 11 is 0. The number of aromatic amines is 1. The molecule has 0 aromatic carbocycles. The van der Waals surface area contributed by atoms with Gasteiger partial charge in [-0.3, -0.25) is 9.42 Å². The first-order valence-corrected chi connectivity index (χ1v) is 4.56. The van der Waals surface area contributed by atoms with E-state index in [1.807, 2.05) is 0 Å². The number of likely N-dealkylation sites (N-methyl/N-ethyl adjacent to an activating group) is 1. The molecular weight excluding hydrogens is 170 g/mol. The van der Waals surface area contributed by atoms with Crippen LogP contribution in [0, 0.1) is 0 Å². The first-order valence-electron chi connectivity index (χ1n) is 4.56. The Labute approximate surface area is 76.9 Å². The van der Waals surface area contributed by atoms with E-state index >= 15 is 0 Å². The maximum absolute atomic E-state index is 10.6. The summed E-state index contributed by atoms with van der Waals surface area (Å²) in [7, 11) is 0. The molecule has 74 valence electrons. The van der Waals surface area contributed by atoms with Crippen molar-refractivity contribution in [3.63, 3.8) is 0 Å². The second-order valence-corrected chi connectivity index (χ2v) is 2.86. The maximum Gasteiger partial charge on any atom is 0.426 e. The lowest BCUT2D eigenvalue weighted by atomic mass is 10.5. The molecule has 0 aliphatic heterocycles. The second kappa shape index (κ2) is 4.81. The van der Waals surface area contributed by atoms with Gasteiger partial charge in [0.1, 0.15) is 0 Å². The molecule has 1 aromatic rings. The fourth-order valence-electron chi connectivity index (χ4n) is 1.18. The van der Waals surface area contributed by atoms with Gasteiger partial charge in [0.15, 0.2) is 6.54 Å². The van der Waals surface area contributed by atoms with E-state index in [9.17, 15) is 4.79 Å². The standard InChI is InChI=1S/C8H15N3O2/c1-3-10(4-2)5-6-11-7-8(12)13-9-11/h7H,3-6H2,1-2H3/p+1. The van der Waals surface area contributed by atoms with Crippen LogP contribution < -0.4 is 10.3 Å². The summed E-state index contributed by atoms with van der Waals surface area (Å²) in [5.74, 6) is 0. The van der Waals surface area contributed by atoms with Crippen LogP contribution in [0.4, 0.5) is 0 Å². The number of rotatable bonds is 5. The summed E-state index contributed by atoms with van der Waals surface area (Å²) in [6, 6.07) is 0. The summed E-state index contributed by atoms with van der Waals surface area (Å²) < 4.78 is 6.18. The number of aromatic nitrogens is 2. The SMILES string of the molecule is CCN(CC)CC[n+]1cc(=O)o[nH]1. The molecule has 5 heteroatoms. The lowest BCUT2D eigenvalue weighted by molar-refractivity contribution is -0.761. The Kier molecular flexibility index (Phi) is 3.70. The van der Waals surface area contributed by atoms with Gasteiger partial charge in [-0.2, -0.15) is 0 Å². The Morgan fingerprint density at radius 2 is 2.23 bits per heavy atom. The highest BCUT2D eigenvalue weighted by molar-refractivity contribution is 4.50. The van der Waals surface area contributed by atoms with Crippen molar-refractivity contribution in [2.45, 2.75) is 20.4 Å². The normalized spacial score (nSPS) is 11.0. The molecule has 0 aliphatic carbocycles. The topological polar surface area (TPSA) is 53.1 Å². The fourth-order valence-corrected chi connectivity index (χ4v) is 1.18. The monoisotopic (exact) mass is 186 g/mol. The lowest BCUT2D eigenvalue weighted by Crippen LogP contribution is -2.41. The molecule has 0 fully saturated rings. The van der Waals surface area contributed by atoms with Gasteiger partial charge >= 0.3 is 5.63 Å². The molecule has 13 heavy (non-hydrogen) atoms. The molecule has 1 aromatic heterocycles. The predicted molar refractivity (Wildman–Crippen MR) is 47.3 cm³/mol. The molecule has 0 spiro atoms. The molecule has 0 saturated carbocycles. The third-order valence-electron chi connectivity index (χ3n) is 2.08. The zero-order valence-electron chi connectivity index (χ0n) is 8.12. The van der Waals surface area contributed by atoms with Crippen LogP contribution >= 0.6 is 0 Å². The van der Waals surface area contributed by atoms with Gasteiger partial charge in [-0.25, -0.2) is 4.79 Å². The van der Waals surface area contributed by atoms with Crippen molar-refractivity contribution in [2.75, 3.05) is 19.6 Å². The quantitative estimate of drug-likeness (QED) is 0.636. The maximum atomic E-state index is 10.6.